The molecule has 2 rings (SSSR count). The Hall–Kier alpha value is -1.35. The minimum absolute atomic E-state index is 0.441. The Bertz CT molecular complexity index is 434. The molecule has 0 heterocycles. The largest absolute Gasteiger partial charge is 0.308 e. The van der Waals surface area contributed by atoms with Crippen LogP contribution in [0.5, 0.6) is 0 Å². The molecule has 1 aliphatic carbocycles. The van der Waals surface area contributed by atoms with Crippen molar-refractivity contribution in [3.8, 4) is 0 Å². The summed E-state index contributed by atoms with van der Waals surface area (Å²) < 4.78 is 0. The summed E-state index contributed by atoms with van der Waals surface area (Å²) in [6.07, 6.45) is 4.96. The molecule has 0 bridgehead atoms. The molecule has 0 radical (unpaired) electrons. The summed E-state index contributed by atoms with van der Waals surface area (Å²) in [5.41, 5.74) is 7.72. The zero-order valence-corrected chi connectivity index (χ0v) is 11.6. The van der Waals surface area contributed by atoms with Crippen LogP contribution in [0.2, 0.25) is 0 Å². The number of rotatable bonds is 2. The number of hydrazine groups is 1. The number of hydrogen-bond donors (Lipinski definition) is 2. The average Bonchev–Trinajstić information content (AvgIpc) is 2.79. The van der Waals surface area contributed by atoms with Gasteiger partial charge in [-0.1, -0.05) is 30.5 Å². The van der Waals surface area contributed by atoms with Crippen LogP contribution < -0.4 is 11.3 Å². The highest BCUT2D eigenvalue weighted by Crippen LogP contribution is 2.23. The first-order chi connectivity index (χ1) is 8.61. The van der Waals surface area contributed by atoms with E-state index in [0.717, 1.165) is 11.4 Å². The quantitative estimate of drug-likeness (QED) is 0.364. The molecule has 1 aromatic carbocycles. The van der Waals surface area contributed by atoms with Crippen LogP contribution in [-0.4, -0.2) is 11.9 Å². The molecule has 0 saturated heterocycles. The molecular weight excluding hydrogens is 222 g/mol. The van der Waals surface area contributed by atoms with Crippen molar-refractivity contribution in [2.75, 3.05) is 0 Å². The molecule has 1 saturated carbocycles. The van der Waals surface area contributed by atoms with Gasteiger partial charge >= 0.3 is 0 Å². The predicted octanol–water partition coefficient (Wildman–Crippen LogP) is 2.76. The normalized spacial score (nSPS) is 17.2. The summed E-state index contributed by atoms with van der Waals surface area (Å²) in [5.74, 6) is 6.52. The van der Waals surface area contributed by atoms with E-state index in [1.54, 1.807) is 0 Å². The van der Waals surface area contributed by atoms with Gasteiger partial charge in [-0.2, -0.15) is 0 Å². The predicted molar refractivity (Wildman–Crippen MR) is 76.8 cm³/mol. The highest BCUT2D eigenvalue weighted by molar-refractivity contribution is 6.01. The second-order valence-corrected chi connectivity index (χ2v) is 5.33. The second kappa shape index (κ2) is 5.53. The number of aryl methyl sites for hydroxylation is 3. The molecule has 3 N–H and O–H groups in total. The summed E-state index contributed by atoms with van der Waals surface area (Å²) in [4.78, 5) is 4.80. The zero-order chi connectivity index (χ0) is 13.1. The van der Waals surface area contributed by atoms with Gasteiger partial charge in [-0.25, -0.2) is 5.84 Å². The topological polar surface area (TPSA) is 50.4 Å². The molecule has 1 aliphatic rings. The number of benzene rings is 1. The molecule has 0 atom stereocenters. The van der Waals surface area contributed by atoms with Crippen molar-refractivity contribution >= 4 is 5.84 Å². The van der Waals surface area contributed by atoms with Crippen LogP contribution in [0.25, 0.3) is 0 Å². The fourth-order valence-corrected chi connectivity index (χ4v) is 2.94. The minimum Gasteiger partial charge on any atom is -0.308 e. The van der Waals surface area contributed by atoms with Crippen LogP contribution in [0, 0.1) is 20.8 Å². The first kappa shape index (κ1) is 13.1. The van der Waals surface area contributed by atoms with E-state index in [-0.39, 0.29) is 0 Å². The lowest BCUT2D eigenvalue weighted by Crippen LogP contribution is -2.33. The first-order valence-corrected chi connectivity index (χ1v) is 6.74. The summed E-state index contributed by atoms with van der Waals surface area (Å²) in [6.45, 7) is 6.36. The molecule has 0 spiro atoms. The number of nitrogens with one attached hydrogen (secondary N) is 1. The van der Waals surface area contributed by atoms with E-state index in [2.05, 4.69) is 38.3 Å². The third-order valence-corrected chi connectivity index (χ3v) is 3.69. The lowest BCUT2D eigenvalue weighted by molar-refractivity contribution is 0.700. The van der Waals surface area contributed by atoms with Gasteiger partial charge in [-0.15, -0.1) is 0 Å². The van der Waals surface area contributed by atoms with E-state index in [9.17, 15) is 0 Å². The molecule has 18 heavy (non-hydrogen) atoms. The molecular formula is C15H23N3. The number of nitrogens with two attached hydrogens (primary N) is 1. The third kappa shape index (κ3) is 2.72. The van der Waals surface area contributed by atoms with Crippen LogP contribution in [0.4, 0.5) is 0 Å². The summed E-state index contributed by atoms with van der Waals surface area (Å²) in [7, 11) is 0. The molecule has 1 aromatic rings. The van der Waals surface area contributed by atoms with Gasteiger partial charge in [-0.05, 0) is 44.7 Å². The molecule has 3 nitrogen and oxygen atoms in total. The lowest BCUT2D eigenvalue weighted by atomic mass is 9.99. The van der Waals surface area contributed by atoms with Crippen LogP contribution in [-0.2, 0) is 0 Å². The standard InChI is InChI=1S/C15H23N3/c1-10-8-11(2)14(12(3)9-10)15(18-16)17-13-6-4-5-7-13/h8-9,13H,4-7,16H2,1-3H3,(H,17,18). The van der Waals surface area contributed by atoms with Gasteiger partial charge in [0.2, 0.25) is 0 Å². The van der Waals surface area contributed by atoms with Crippen molar-refractivity contribution in [3.05, 3.63) is 34.4 Å². The van der Waals surface area contributed by atoms with Crippen LogP contribution in [0.15, 0.2) is 17.1 Å². The van der Waals surface area contributed by atoms with Crippen molar-refractivity contribution in [2.24, 2.45) is 10.8 Å². The minimum atomic E-state index is 0.441. The van der Waals surface area contributed by atoms with Crippen molar-refractivity contribution in [1.29, 1.82) is 0 Å². The summed E-state index contributed by atoms with van der Waals surface area (Å²) >= 11 is 0. The highest BCUT2D eigenvalue weighted by atomic mass is 15.3. The molecule has 0 aromatic heterocycles. The second-order valence-electron chi connectivity index (χ2n) is 5.33. The molecule has 0 amide bonds. The van der Waals surface area contributed by atoms with Gasteiger partial charge in [0.25, 0.3) is 0 Å². The van der Waals surface area contributed by atoms with Crippen molar-refractivity contribution in [3.63, 3.8) is 0 Å². The Kier molecular flexibility index (Phi) is 4.02. The lowest BCUT2D eigenvalue weighted by Gasteiger charge is -2.15. The number of aliphatic imine (C=N–C) groups is 1. The van der Waals surface area contributed by atoms with E-state index in [4.69, 9.17) is 10.8 Å². The first-order valence-electron chi connectivity index (χ1n) is 6.74. The van der Waals surface area contributed by atoms with Crippen molar-refractivity contribution < 1.29 is 0 Å². The van der Waals surface area contributed by atoms with Gasteiger partial charge in [0.15, 0.2) is 0 Å². The SMILES string of the molecule is Cc1cc(C)c(C(=NC2CCCC2)NN)c(C)c1. The molecule has 0 aliphatic heterocycles. The Morgan fingerprint density at radius 1 is 1.17 bits per heavy atom. The monoisotopic (exact) mass is 245 g/mol. The maximum absolute atomic E-state index is 5.68. The maximum Gasteiger partial charge on any atom is 0.143 e. The van der Waals surface area contributed by atoms with Crippen LogP contribution >= 0.6 is 0 Å². The Morgan fingerprint density at radius 2 is 1.72 bits per heavy atom. The van der Waals surface area contributed by atoms with Gasteiger partial charge in [0.05, 0.1) is 6.04 Å². The Morgan fingerprint density at radius 3 is 2.22 bits per heavy atom. The summed E-state index contributed by atoms with van der Waals surface area (Å²) in [6, 6.07) is 4.81. The summed E-state index contributed by atoms with van der Waals surface area (Å²) in [5, 5.41) is 0. The highest BCUT2D eigenvalue weighted by Gasteiger charge is 2.17. The van der Waals surface area contributed by atoms with E-state index < -0.39 is 0 Å². The molecule has 3 heteroatoms. The number of nitrogens with zero attached hydrogens (tertiary/aromatic N) is 1. The van der Waals surface area contributed by atoms with Crippen molar-refractivity contribution in [2.45, 2.75) is 52.5 Å². The Labute approximate surface area is 109 Å². The molecule has 0 unspecified atom stereocenters. The smallest absolute Gasteiger partial charge is 0.143 e. The maximum atomic E-state index is 5.68. The fourth-order valence-electron chi connectivity index (χ4n) is 2.94. The van der Waals surface area contributed by atoms with Gasteiger partial charge in [-0.3, -0.25) is 4.99 Å². The van der Waals surface area contributed by atoms with Crippen molar-refractivity contribution in [1.82, 2.24) is 5.43 Å². The van der Waals surface area contributed by atoms with Gasteiger partial charge in [0, 0.05) is 5.56 Å². The van der Waals surface area contributed by atoms with Gasteiger partial charge < -0.3 is 5.43 Å². The van der Waals surface area contributed by atoms with E-state index >= 15 is 0 Å². The number of hydrogen-bond acceptors (Lipinski definition) is 2. The average molecular weight is 245 g/mol. The molecule has 98 valence electrons. The van der Waals surface area contributed by atoms with Crippen LogP contribution in [0.1, 0.15) is 47.9 Å². The van der Waals surface area contributed by atoms with Crippen LogP contribution in [0.3, 0.4) is 0 Å². The van der Waals surface area contributed by atoms with Gasteiger partial charge in [0.1, 0.15) is 5.84 Å². The zero-order valence-electron chi connectivity index (χ0n) is 11.6. The van der Waals surface area contributed by atoms with E-state index in [1.807, 2.05) is 0 Å². The third-order valence-electron chi connectivity index (χ3n) is 3.69. The van der Waals surface area contributed by atoms with E-state index in [0.29, 0.717) is 6.04 Å². The number of amidine groups is 1. The fraction of sp³-hybridized carbons (Fsp3) is 0.533. The van der Waals surface area contributed by atoms with E-state index in [1.165, 1.54) is 42.4 Å². The molecule has 1 fully saturated rings. The Balaban J connectivity index is 2.38.